The molecule has 1 saturated carbocycles. The first-order valence-electron chi connectivity index (χ1n) is 4.16. The first-order chi connectivity index (χ1) is 5.63. The summed E-state index contributed by atoms with van der Waals surface area (Å²) in [4.78, 5) is 10.9. The molecular formula is C8H14O4. The van der Waals surface area contributed by atoms with E-state index in [2.05, 4.69) is 0 Å². The Balaban J connectivity index is 2.78. The van der Waals surface area contributed by atoms with E-state index >= 15 is 0 Å². The van der Waals surface area contributed by atoms with Crippen LogP contribution in [0.15, 0.2) is 0 Å². The fourth-order valence-corrected chi connectivity index (χ4v) is 1.87. The number of carboxylic acids is 1. The second-order valence-electron chi connectivity index (χ2n) is 3.37. The Labute approximate surface area is 70.8 Å². The van der Waals surface area contributed by atoms with E-state index in [1.165, 1.54) is 0 Å². The molecule has 0 aromatic heterocycles. The molecular weight excluding hydrogens is 160 g/mol. The fraction of sp³-hybridized carbons (Fsp3) is 0.875. The maximum Gasteiger partial charge on any atom is 0.312 e. The largest absolute Gasteiger partial charge is 0.481 e. The van der Waals surface area contributed by atoms with Gasteiger partial charge in [0.25, 0.3) is 0 Å². The Bertz CT molecular complexity index is 172. The van der Waals surface area contributed by atoms with Crippen LogP contribution >= 0.6 is 0 Å². The maximum atomic E-state index is 10.9. The van der Waals surface area contributed by atoms with Gasteiger partial charge in [-0.1, -0.05) is 12.8 Å². The van der Waals surface area contributed by atoms with Gasteiger partial charge in [-0.2, -0.15) is 0 Å². The minimum atomic E-state index is -1.11. The molecule has 3 N–H and O–H groups in total. The number of aliphatic carboxylic acids is 1. The van der Waals surface area contributed by atoms with Gasteiger partial charge in [0.1, 0.15) is 0 Å². The number of aliphatic hydroxyl groups is 2. The molecule has 1 unspecified atom stereocenters. The Hall–Kier alpha value is -0.610. The first-order valence-corrected chi connectivity index (χ1v) is 4.16. The van der Waals surface area contributed by atoms with Crippen LogP contribution in [0.2, 0.25) is 0 Å². The Morgan fingerprint density at radius 2 is 1.92 bits per heavy atom. The SMILES string of the molecule is O=C(O)C1(C(O)CO)CCCC1. The average Bonchev–Trinajstić information content (AvgIpc) is 2.52. The zero-order valence-corrected chi connectivity index (χ0v) is 6.86. The molecule has 0 aromatic carbocycles. The summed E-state index contributed by atoms with van der Waals surface area (Å²) in [6.45, 7) is -0.466. The number of carbonyl (C=O) groups is 1. The molecule has 1 rings (SSSR count). The Kier molecular flexibility index (Phi) is 2.69. The van der Waals surface area contributed by atoms with Crippen molar-refractivity contribution in [3.05, 3.63) is 0 Å². The van der Waals surface area contributed by atoms with Crippen molar-refractivity contribution >= 4 is 5.97 Å². The lowest BCUT2D eigenvalue weighted by molar-refractivity contribution is -0.158. The molecule has 1 fully saturated rings. The van der Waals surface area contributed by atoms with Crippen LogP contribution in [0.3, 0.4) is 0 Å². The lowest BCUT2D eigenvalue weighted by atomic mass is 9.81. The molecule has 0 aromatic rings. The molecule has 0 saturated heterocycles. The topological polar surface area (TPSA) is 77.8 Å². The fourth-order valence-electron chi connectivity index (χ4n) is 1.87. The molecule has 12 heavy (non-hydrogen) atoms. The van der Waals surface area contributed by atoms with E-state index in [4.69, 9.17) is 10.2 Å². The summed E-state index contributed by atoms with van der Waals surface area (Å²) in [6, 6.07) is 0. The zero-order valence-electron chi connectivity index (χ0n) is 6.86. The average molecular weight is 174 g/mol. The smallest absolute Gasteiger partial charge is 0.312 e. The van der Waals surface area contributed by atoms with E-state index in [-0.39, 0.29) is 0 Å². The summed E-state index contributed by atoms with van der Waals surface area (Å²) in [5.74, 6) is -0.985. The van der Waals surface area contributed by atoms with E-state index in [1.807, 2.05) is 0 Å². The van der Waals surface area contributed by atoms with Gasteiger partial charge in [0.15, 0.2) is 0 Å². The van der Waals surface area contributed by atoms with Crippen LogP contribution in [0.25, 0.3) is 0 Å². The maximum absolute atomic E-state index is 10.9. The highest BCUT2D eigenvalue weighted by Gasteiger charge is 2.47. The van der Waals surface area contributed by atoms with E-state index in [0.717, 1.165) is 12.8 Å². The minimum absolute atomic E-state index is 0.466. The summed E-state index contributed by atoms with van der Waals surface area (Å²) in [5.41, 5.74) is -1.07. The van der Waals surface area contributed by atoms with E-state index in [0.29, 0.717) is 12.8 Å². The molecule has 0 aliphatic heterocycles. The van der Waals surface area contributed by atoms with Crippen LogP contribution < -0.4 is 0 Å². The van der Waals surface area contributed by atoms with Crippen LogP contribution in [0, 0.1) is 5.41 Å². The molecule has 0 heterocycles. The second-order valence-corrected chi connectivity index (χ2v) is 3.37. The minimum Gasteiger partial charge on any atom is -0.481 e. The monoisotopic (exact) mass is 174 g/mol. The van der Waals surface area contributed by atoms with Gasteiger partial charge in [-0.05, 0) is 12.8 Å². The lowest BCUT2D eigenvalue weighted by Crippen LogP contribution is -2.42. The van der Waals surface area contributed by atoms with Gasteiger partial charge in [0, 0.05) is 0 Å². The molecule has 1 aliphatic rings. The number of hydrogen-bond acceptors (Lipinski definition) is 3. The highest BCUT2D eigenvalue weighted by molar-refractivity contribution is 5.75. The van der Waals surface area contributed by atoms with Crippen molar-refractivity contribution in [1.82, 2.24) is 0 Å². The number of aliphatic hydroxyl groups excluding tert-OH is 2. The molecule has 0 spiro atoms. The van der Waals surface area contributed by atoms with E-state index < -0.39 is 24.1 Å². The standard InChI is InChI=1S/C8H14O4/c9-5-6(10)8(7(11)12)3-1-2-4-8/h6,9-10H,1-5H2,(H,11,12). The third-order valence-corrected chi connectivity index (χ3v) is 2.73. The third kappa shape index (κ3) is 1.32. The molecule has 70 valence electrons. The molecule has 0 radical (unpaired) electrons. The predicted octanol–water partition coefficient (Wildman–Crippen LogP) is -0.0154. The van der Waals surface area contributed by atoms with Gasteiger partial charge in [-0.25, -0.2) is 0 Å². The summed E-state index contributed by atoms with van der Waals surface area (Å²) >= 11 is 0. The van der Waals surface area contributed by atoms with Gasteiger partial charge in [-0.15, -0.1) is 0 Å². The van der Waals surface area contributed by atoms with Crippen molar-refractivity contribution < 1.29 is 20.1 Å². The highest BCUT2D eigenvalue weighted by atomic mass is 16.4. The Morgan fingerprint density at radius 1 is 1.42 bits per heavy atom. The molecule has 4 nitrogen and oxygen atoms in total. The van der Waals surface area contributed by atoms with Gasteiger partial charge >= 0.3 is 5.97 Å². The molecule has 1 aliphatic carbocycles. The van der Waals surface area contributed by atoms with Crippen molar-refractivity contribution in [2.75, 3.05) is 6.61 Å². The van der Waals surface area contributed by atoms with Crippen LogP contribution in [0.1, 0.15) is 25.7 Å². The number of hydrogen-bond donors (Lipinski definition) is 3. The molecule has 1 atom stereocenters. The van der Waals surface area contributed by atoms with Crippen molar-refractivity contribution in [3.63, 3.8) is 0 Å². The van der Waals surface area contributed by atoms with Crippen LogP contribution in [0.4, 0.5) is 0 Å². The van der Waals surface area contributed by atoms with Crippen molar-refractivity contribution in [1.29, 1.82) is 0 Å². The molecule has 0 amide bonds. The summed E-state index contributed by atoms with van der Waals surface area (Å²) in [5, 5.41) is 26.9. The van der Waals surface area contributed by atoms with Crippen LogP contribution in [-0.4, -0.2) is 34.0 Å². The molecule has 0 bridgehead atoms. The van der Waals surface area contributed by atoms with Crippen molar-refractivity contribution in [3.8, 4) is 0 Å². The molecule has 4 heteroatoms. The van der Waals surface area contributed by atoms with Gasteiger partial charge in [0.05, 0.1) is 18.1 Å². The van der Waals surface area contributed by atoms with E-state index in [9.17, 15) is 9.90 Å². The van der Waals surface area contributed by atoms with Crippen molar-refractivity contribution in [2.45, 2.75) is 31.8 Å². The van der Waals surface area contributed by atoms with Gasteiger partial charge < -0.3 is 15.3 Å². The summed E-state index contributed by atoms with van der Waals surface area (Å²) in [7, 11) is 0. The zero-order chi connectivity index (χ0) is 9.19. The Morgan fingerprint density at radius 3 is 2.25 bits per heavy atom. The van der Waals surface area contributed by atoms with Crippen LogP contribution in [-0.2, 0) is 4.79 Å². The summed E-state index contributed by atoms with van der Waals surface area (Å²) < 4.78 is 0. The van der Waals surface area contributed by atoms with Crippen molar-refractivity contribution in [2.24, 2.45) is 5.41 Å². The number of carboxylic acid groups (broad SMARTS) is 1. The predicted molar refractivity (Wildman–Crippen MR) is 41.6 cm³/mol. The highest BCUT2D eigenvalue weighted by Crippen LogP contribution is 2.41. The van der Waals surface area contributed by atoms with Gasteiger partial charge in [0.2, 0.25) is 0 Å². The quantitative estimate of drug-likeness (QED) is 0.562. The van der Waals surface area contributed by atoms with Crippen LogP contribution in [0.5, 0.6) is 0 Å². The van der Waals surface area contributed by atoms with Gasteiger partial charge in [-0.3, -0.25) is 4.79 Å². The first kappa shape index (κ1) is 9.48. The summed E-state index contributed by atoms with van der Waals surface area (Å²) in [6.07, 6.45) is 1.48. The second kappa shape index (κ2) is 3.41. The number of rotatable bonds is 3. The van der Waals surface area contributed by atoms with E-state index in [1.54, 1.807) is 0 Å². The lowest BCUT2D eigenvalue weighted by Gasteiger charge is -2.27. The third-order valence-electron chi connectivity index (χ3n) is 2.73. The normalized spacial score (nSPS) is 23.8.